The Hall–Kier alpha value is -1.76. The molecule has 2 rings (SSSR count). The molecule has 0 bridgehead atoms. The van der Waals surface area contributed by atoms with Crippen LogP contribution in [0.3, 0.4) is 0 Å². The van der Waals surface area contributed by atoms with E-state index in [0.717, 1.165) is 12.0 Å². The minimum absolute atomic E-state index is 0.0154. The summed E-state index contributed by atoms with van der Waals surface area (Å²) in [7, 11) is 0. The smallest absolute Gasteiger partial charge is 0.243 e. The number of amides is 2. The number of hydrogen-bond donors (Lipinski definition) is 1. The fourth-order valence-corrected chi connectivity index (χ4v) is 4.52. The fourth-order valence-electron chi connectivity index (χ4n) is 3.14. The van der Waals surface area contributed by atoms with Crippen LogP contribution in [0.15, 0.2) is 42.5 Å². The van der Waals surface area contributed by atoms with Crippen LogP contribution in [0.1, 0.15) is 44.7 Å². The van der Waals surface area contributed by atoms with E-state index < -0.39 is 11.9 Å². The Morgan fingerprint density at radius 2 is 1.78 bits per heavy atom. The zero-order valence-corrected chi connectivity index (χ0v) is 20.9. The van der Waals surface area contributed by atoms with Gasteiger partial charge in [-0.3, -0.25) is 9.59 Å². The summed E-state index contributed by atoms with van der Waals surface area (Å²) in [4.78, 5) is 27.7. The number of carbonyl (C=O) groups is 2. The summed E-state index contributed by atoms with van der Waals surface area (Å²) >= 11 is 13.4. The van der Waals surface area contributed by atoms with Gasteiger partial charge in [-0.2, -0.15) is 0 Å². The minimum atomic E-state index is -0.607. The van der Waals surface area contributed by atoms with Crippen LogP contribution in [0.2, 0.25) is 10.0 Å². The monoisotopic (exact) mass is 498 g/mol. The zero-order chi connectivity index (χ0) is 23.7. The van der Waals surface area contributed by atoms with E-state index in [1.165, 1.54) is 17.8 Å². The molecular formula is C24H29Cl2FN2O2S. The molecular weight excluding hydrogens is 470 g/mol. The predicted molar refractivity (Wildman–Crippen MR) is 132 cm³/mol. The lowest BCUT2D eigenvalue weighted by atomic mass is 10.1. The Kier molecular flexibility index (Phi) is 10.8. The summed E-state index contributed by atoms with van der Waals surface area (Å²) < 4.78 is 14.0. The van der Waals surface area contributed by atoms with Gasteiger partial charge in [0.2, 0.25) is 11.8 Å². The number of carbonyl (C=O) groups excluding carboxylic acids is 2. The molecule has 0 fully saturated rings. The summed E-state index contributed by atoms with van der Waals surface area (Å²) in [6, 6.07) is 11.1. The average molecular weight is 499 g/mol. The van der Waals surface area contributed by atoms with Crippen molar-refractivity contribution in [2.75, 3.05) is 5.75 Å². The Morgan fingerprint density at radius 3 is 2.38 bits per heavy atom. The Labute approximate surface area is 203 Å². The van der Waals surface area contributed by atoms with E-state index in [1.54, 1.807) is 29.2 Å². The number of thioether (sulfide) groups is 1. The summed E-state index contributed by atoms with van der Waals surface area (Å²) in [5, 5.41) is 3.92. The highest BCUT2D eigenvalue weighted by Gasteiger charge is 2.29. The molecule has 0 spiro atoms. The largest absolute Gasteiger partial charge is 0.352 e. The third kappa shape index (κ3) is 7.68. The molecule has 4 nitrogen and oxygen atoms in total. The van der Waals surface area contributed by atoms with Crippen molar-refractivity contribution < 1.29 is 14.0 Å². The fraction of sp³-hybridized carbons (Fsp3) is 0.417. The molecule has 2 unspecified atom stereocenters. The molecule has 0 heterocycles. The Balaban J connectivity index is 2.16. The SMILES string of the molecule is CCC(C)NC(=O)C(CC)N(Cc1ccc(Cl)cc1)C(=O)CSCc1c(F)cccc1Cl. The maximum atomic E-state index is 14.0. The van der Waals surface area contributed by atoms with Gasteiger partial charge in [0.1, 0.15) is 11.9 Å². The molecule has 2 aromatic carbocycles. The first-order chi connectivity index (χ1) is 15.3. The van der Waals surface area contributed by atoms with Crippen molar-refractivity contribution in [2.24, 2.45) is 0 Å². The standard InChI is InChI=1S/C24H29Cl2FN2O2S/c1-4-16(3)28-24(31)22(5-2)29(13-17-9-11-18(25)12-10-17)23(30)15-32-14-19-20(26)7-6-8-21(19)27/h6-12,16,22H,4-5,13-15H2,1-3H3,(H,28,31). The van der Waals surface area contributed by atoms with Gasteiger partial charge in [0, 0.05) is 33.9 Å². The molecule has 1 N–H and O–H groups in total. The summed E-state index contributed by atoms with van der Waals surface area (Å²) in [6.07, 6.45) is 1.28. The molecule has 2 aromatic rings. The quantitative estimate of drug-likeness (QED) is 0.407. The number of nitrogens with zero attached hydrogens (tertiary/aromatic N) is 1. The first-order valence-corrected chi connectivity index (χ1v) is 12.5. The van der Waals surface area contributed by atoms with E-state index in [4.69, 9.17) is 23.2 Å². The molecule has 8 heteroatoms. The van der Waals surface area contributed by atoms with E-state index in [2.05, 4.69) is 5.32 Å². The van der Waals surface area contributed by atoms with Gasteiger partial charge in [0.05, 0.1) is 5.75 Å². The zero-order valence-electron chi connectivity index (χ0n) is 18.5. The highest BCUT2D eigenvalue weighted by atomic mass is 35.5. The van der Waals surface area contributed by atoms with Crippen LogP contribution in [0, 0.1) is 5.82 Å². The van der Waals surface area contributed by atoms with Crippen molar-refractivity contribution in [3.63, 3.8) is 0 Å². The van der Waals surface area contributed by atoms with Crippen molar-refractivity contribution in [1.82, 2.24) is 10.2 Å². The first kappa shape index (κ1) is 26.5. The first-order valence-electron chi connectivity index (χ1n) is 10.6. The number of halogens is 3. The lowest BCUT2D eigenvalue weighted by Gasteiger charge is -2.31. The minimum Gasteiger partial charge on any atom is -0.352 e. The molecule has 0 aliphatic heterocycles. The molecule has 0 aliphatic carbocycles. The third-order valence-electron chi connectivity index (χ3n) is 5.19. The Morgan fingerprint density at radius 1 is 1.09 bits per heavy atom. The van der Waals surface area contributed by atoms with Crippen LogP contribution in [0.25, 0.3) is 0 Å². The number of nitrogens with one attached hydrogen (secondary N) is 1. The predicted octanol–water partition coefficient (Wildman–Crippen LogP) is 6.09. The van der Waals surface area contributed by atoms with Gasteiger partial charge in [0.15, 0.2) is 0 Å². The van der Waals surface area contributed by atoms with Crippen LogP contribution < -0.4 is 5.32 Å². The van der Waals surface area contributed by atoms with Gasteiger partial charge >= 0.3 is 0 Å². The number of rotatable bonds is 11. The molecule has 0 aromatic heterocycles. The summed E-state index contributed by atoms with van der Waals surface area (Å²) in [5.74, 6) is -0.391. The van der Waals surface area contributed by atoms with E-state index in [0.29, 0.717) is 22.0 Å². The van der Waals surface area contributed by atoms with E-state index in [-0.39, 0.29) is 35.9 Å². The van der Waals surface area contributed by atoms with E-state index in [9.17, 15) is 14.0 Å². The van der Waals surface area contributed by atoms with Crippen molar-refractivity contribution in [1.29, 1.82) is 0 Å². The van der Waals surface area contributed by atoms with Crippen molar-refractivity contribution >= 4 is 46.8 Å². The van der Waals surface area contributed by atoms with Crippen molar-refractivity contribution in [3.05, 3.63) is 69.5 Å². The molecule has 32 heavy (non-hydrogen) atoms. The second-order valence-electron chi connectivity index (χ2n) is 7.58. The van der Waals surface area contributed by atoms with Crippen LogP contribution in [-0.4, -0.2) is 34.6 Å². The molecule has 0 radical (unpaired) electrons. The van der Waals surface area contributed by atoms with Crippen molar-refractivity contribution in [2.45, 2.75) is 58.0 Å². The van der Waals surface area contributed by atoms with Crippen LogP contribution in [0.5, 0.6) is 0 Å². The van der Waals surface area contributed by atoms with Gasteiger partial charge in [-0.05, 0) is 49.6 Å². The molecule has 0 aliphatic rings. The van der Waals surface area contributed by atoms with Gasteiger partial charge in [-0.25, -0.2) is 4.39 Å². The lowest BCUT2D eigenvalue weighted by molar-refractivity contribution is -0.139. The van der Waals surface area contributed by atoms with Gasteiger partial charge < -0.3 is 10.2 Å². The van der Waals surface area contributed by atoms with Crippen LogP contribution >= 0.6 is 35.0 Å². The third-order valence-corrected chi connectivity index (χ3v) is 6.74. The number of hydrogen-bond acceptors (Lipinski definition) is 3. The molecule has 0 saturated heterocycles. The maximum Gasteiger partial charge on any atom is 0.243 e. The maximum absolute atomic E-state index is 14.0. The van der Waals surface area contributed by atoms with Gasteiger partial charge in [0.25, 0.3) is 0 Å². The molecule has 174 valence electrons. The van der Waals surface area contributed by atoms with Crippen molar-refractivity contribution in [3.8, 4) is 0 Å². The Bertz CT molecular complexity index is 891. The molecule has 0 saturated carbocycles. The molecule has 2 atom stereocenters. The van der Waals surface area contributed by atoms with E-state index in [1.807, 2.05) is 32.9 Å². The van der Waals surface area contributed by atoms with Gasteiger partial charge in [-0.15, -0.1) is 11.8 Å². The second-order valence-corrected chi connectivity index (χ2v) is 9.41. The lowest BCUT2D eigenvalue weighted by Crippen LogP contribution is -2.51. The van der Waals surface area contributed by atoms with Crippen LogP contribution in [0.4, 0.5) is 4.39 Å². The number of benzene rings is 2. The summed E-state index contributed by atoms with van der Waals surface area (Å²) in [5.41, 5.74) is 1.25. The van der Waals surface area contributed by atoms with Gasteiger partial charge in [-0.1, -0.05) is 55.2 Å². The van der Waals surface area contributed by atoms with E-state index >= 15 is 0 Å². The summed E-state index contributed by atoms with van der Waals surface area (Å²) in [6.45, 7) is 6.09. The van der Waals surface area contributed by atoms with Crippen LogP contribution in [-0.2, 0) is 21.9 Å². The average Bonchev–Trinajstić information content (AvgIpc) is 2.76. The highest BCUT2D eigenvalue weighted by Crippen LogP contribution is 2.25. The normalized spacial score (nSPS) is 12.8. The second kappa shape index (κ2) is 13.1. The topological polar surface area (TPSA) is 49.4 Å². The molecule has 2 amide bonds. The highest BCUT2D eigenvalue weighted by molar-refractivity contribution is 7.99.